The number of alkyl halides is 3. The largest absolute Gasteiger partial charge is 0.507 e. The molecule has 0 saturated heterocycles. The third-order valence-corrected chi connectivity index (χ3v) is 4.68. The van der Waals surface area contributed by atoms with E-state index in [9.17, 15) is 23.1 Å². The van der Waals surface area contributed by atoms with E-state index in [1.807, 2.05) is 6.07 Å². The number of hydrogen-bond acceptors (Lipinski definition) is 4. The SMILES string of the molecule is N#Cc1cc(-c2ccc(C(=O)O)c(O)c2)c2scc(C(F)(F)F)c2c1. The Kier molecular flexibility index (Phi) is 3.89. The molecule has 8 heteroatoms. The Bertz CT molecular complexity index is 1050. The maximum absolute atomic E-state index is 13.1. The molecule has 0 aliphatic carbocycles. The van der Waals surface area contributed by atoms with Crippen LogP contribution in [0.3, 0.4) is 0 Å². The number of rotatable bonds is 2. The minimum Gasteiger partial charge on any atom is -0.507 e. The van der Waals surface area contributed by atoms with Crippen molar-refractivity contribution < 1.29 is 28.2 Å². The summed E-state index contributed by atoms with van der Waals surface area (Å²) in [5.41, 5.74) is -0.481. The fourth-order valence-electron chi connectivity index (χ4n) is 2.52. The molecule has 3 aromatic rings. The molecule has 0 unspecified atom stereocenters. The van der Waals surface area contributed by atoms with Crippen molar-refractivity contribution in [2.45, 2.75) is 6.18 Å². The van der Waals surface area contributed by atoms with Gasteiger partial charge >= 0.3 is 12.1 Å². The topological polar surface area (TPSA) is 81.3 Å². The van der Waals surface area contributed by atoms with Crippen molar-refractivity contribution >= 4 is 27.4 Å². The lowest BCUT2D eigenvalue weighted by molar-refractivity contribution is -0.136. The zero-order valence-electron chi connectivity index (χ0n) is 12.3. The predicted molar refractivity (Wildman–Crippen MR) is 85.6 cm³/mol. The third-order valence-electron chi connectivity index (χ3n) is 3.65. The lowest BCUT2D eigenvalue weighted by Gasteiger charge is -2.09. The van der Waals surface area contributed by atoms with Gasteiger partial charge in [0.2, 0.25) is 0 Å². The van der Waals surface area contributed by atoms with Gasteiger partial charge in [-0.1, -0.05) is 6.07 Å². The first-order chi connectivity index (χ1) is 11.7. The molecule has 0 bridgehead atoms. The Balaban J connectivity index is 2.30. The summed E-state index contributed by atoms with van der Waals surface area (Å²) in [6.45, 7) is 0. The van der Waals surface area contributed by atoms with Crippen LogP contribution in [-0.4, -0.2) is 16.2 Å². The number of aromatic hydroxyl groups is 1. The Morgan fingerprint density at radius 1 is 1.20 bits per heavy atom. The number of fused-ring (bicyclic) bond motifs is 1. The second-order valence-electron chi connectivity index (χ2n) is 5.20. The molecule has 3 rings (SSSR count). The standard InChI is InChI=1S/C17H8F3NO3S/c18-17(19,20)13-7-25-15-11(3-8(6-21)4-12(13)15)9-1-2-10(16(23)24)14(22)5-9/h1-5,7,22H,(H,23,24). The van der Waals surface area contributed by atoms with Gasteiger partial charge in [0.1, 0.15) is 11.3 Å². The van der Waals surface area contributed by atoms with Crippen LogP contribution < -0.4 is 0 Å². The van der Waals surface area contributed by atoms with Crippen LogP contribution in [-0.2, 0) is 6.18 Å². The number of aromatic carboxylic acids is 1. The van der Waals surface area contributed by atoms with Gasteiger partial charge in [0.15, 0.2) is 0 Å². The lowest BCUT2D eigenvalue weighted by Crippen LogP contribution is -2.03. The smallest absolute Gasteiger partial charge is 0.417 e. The molecule has 1 aromatic heterocycles. The lowest BCUT2D eigenvalue weighted by atomic mass is 9.98. The van der Waals surface area contributed by atoms with Gasteiger partial charge in [0, 0.05) is 21.0 Å². The van der Waals surface area contributed by atoms with Crippen molar-refractivity contribution in [3.8, 4) is 22.9 Å². The number of nitrogens with zero attached hydrogens (tertiary/aromatic N) is 1. The van der Waals surface area contributed by atoms with Crippen molar-refractivity contribution in [2.75, 3.05) is 0 Å². The minimum atomic E-state index is -4.56. The third kappa shape index (κ3) is 2.90. The Morgan fingerprint density at radius 2 is 1.92 bits per heavy atom. The number of benzene rings is 2. The van der Waals surface area contributed by atoms with E-state index in [-0.39, 0.29) is 16.5 Å². The van der Waals surface area contributed by atoms with Gasteiger partial charge in [0.25, 0.3) is 0 Å². The van der Waals surface area contributed by atoms with E-state index in [0.717, 1.165) is 28.8 Å². The quantitative estimate of drug-likeness (QED) is 0.681. The van der Waals surface area contributed by atoms with Crippen molar-refractivity contribution in [2.24, 2.45) is 0 Å². The van der Waals surface area contributed by atoms with E-state index in [2.05, 4.69) is 0 Å². The molecular weight excluding hydrogens is 355 g/mol. The van der Waals surface area contributed by atoms with Crippen molar-refractivity contribution in [1.29, 1.82) is 5.26 Å². The highest BCUT2D eigenvalue weighted by Gasteiger charge is 2.34. The minimum absolute atomic E-state index is 0.0354. The molecule has 0 spiro atoms. The first-order valence-corrected chi connectivity index (χ1v) is 7.69. The number of carboxylic acid groups (broad SMARTS) is 1. The molecule has 0 saturated carbocycles. The molecule has 4 nitrogen and oxygen atoms in total. The molecule has 0 atom stereocenters. The average Bonchev–Trinajstić information content (AvgIpc) is 2.97. The highest BCUT2D eigenvalue weighted by molar-refractivity contribution is 7.18. The number of phenols is 1. The Hall–Kier alpha value is -3.05. The molecule has 2 N–H and O–H groups in total. The summed E-state index contributed by atoms with van der Waals surface area (Å²) in [5, 5.41) is 28.8. The van der Waals surface area contributed by atoms with Gasteiger partial charge < -0.3 is 10.2 Å². The molecule has 0 aliphatic heterocycles. The molecular formula is C17H8F3NO3S. The molecule has 126 valence electrons. The maximum atomic E-state index is 13.1. The number of carbonyl (C=O) groups is 1. The van der Waals surface area contributed by atoms with Crippen LogP contribution in [0.1, 0.15) is 21.5 Å². The fourth-order valence-corrected chi connectivity index (χ4v) is 3.61. The Morgan fingerprint density at radius 3 is 2.48 bits per heavy atom. The summed E-state index contributed by atoms with van der Waals surface area (Å²) < 4.78 is 39.7. The van der Waals surface area contributed by atoms with Crippen LogP contribution >= 0.6 is 11.3 Å². The predicted octanol–water partition coefficient (Wildman–Crippen LogP) is 4.86. The van der Waals surface area contributed by atoms with Crippen LogP contribution in [0.15, 0.2) is 35.7 Å². The molecule has 0 aliphatic rings. The molecule has 0 amide bonds. The van der Waals surface area contributed by atoms with Gasteiger partial charge in [-0.2, -0.15) is 18.4 Å². The van der Waals surface area contributed by atoms with Gasteiger partial charge in [-0.05, 0) is 29.8 Å². The summed E-state index contributed by atoms with van der Waals surface area (Å²) in [4.78, 5) is 11.0. The molecule has 0 fully saturated rings. The number of nitriles is 1. The zero-order chi connectivity index (χ0) is 18.4. The van der Waals surface area contributed by atoms with E-state index in [1.54, 1.807) is 0 Å². The second kappa shape index (κ2) is 5.79. The van der Waals surface area contributed by atoms with E-state index in [0.29, 0.717) is 15.8 Å². The van der Waals surface area contributed by atoms with E-state index in [4.69, 9.17) is 10.4 Å². The van der Waals surface area contributed by atoms with Crippen LogP contribution in [0, 0.1) is 11.3 Å². The molecule has 0 radical (unpaired) electrons. The molecule has 2 aromatic carbocycles. The summed E-state index contributed by atoms with van der Waals surface area (Å²) in [6, 6.07) is 8.11. The van der Waals surface area contributed by atoms with E-state index >= 15 is 0 Å². The summed E-state index contributed by atoms with van der Waals surface area (Å²) in [6.07, 6.45) is -4.56. The normalized spacial score (nSPS) is 11.4. The van der Waals surface area contributed by atoms with Crippen LogP contribution in [0.4, 0.5) is 13.2 Å². The highest BCUT2D eigenvalue weighted by Crippen LogP contribution is 2.43. The second-order valence-corrected chi connectivity index (χ2v) is 6.08. The Labute approximate surface area is 143 Å². The highest BCUT2D eigenvalue weighted by atomic mass is 32.1. The van der Waals surface area contributed by atoms with Crippen LogP contribution in [0.2, 0.25) is 0 Å². The first-order valence-electron chi connectivity index (χ1n) is 6.81. The van der Waals surface area contributed by atoms with Gasteiger partial charge in [0.05, 0.1) is 17.2 Å². The van der Waals surface area contributed by atoms with Crippen molar-refractivity contribution in [3.05, 3.63) is 52.4 Å². The zero-order valence-corrected chi connectivity index (χ0v) is 13.1. The van der Waals surface area contributed by atoms with Crippen LogP contribution in [0.5, 0.6) is 5.75 Å². The summed E-state index contributed by atoms with van der Waals surface area (Å²) in [5.74, 6) is -1.83. The van der Waals surface area contributed by atoms with Crippen molar-refractivity contribution in [3.63, 3.8) is 0 Å². The van der Waals surface area contributed by atoms with E-state index in [1.165, 1.54) is 18.2 Å². The fraction of sp³-hybridized carbons (Fsp3) is 0.0588. The number of carboxylic acids is 1. The first kappa shape index (κ1) is 16.8. The molecule has 25 heavy (non-hydrogen) atoms. The number of hydrogen-bond donors (Lipinski definition) is 2. The number of thiophene rings is 1. The van der Waals surface area contributed by atoms with Gasteiger partial charge in [-0.25, -0.2) is 4.79 Å². The maximum Gasteiger partial charge on any atom is 0.417 e. The summed E-state index contributed by atoms with van der Waals surface area (Å²) in [7, 11) is 0. The number of halogens is 3. The van der Waals surface area contributed by atoms with Gasteiger partial charge in [-0.15, -0.1) is 11.3 Å². The monoisotopic (exact) mass is 363 g/mol. The van der Waals surface area contributed by atoms with Crippen LogP contribution in [0.25, 0.3) is 21.2 Å². The average molecular weight is 363 g/mol. The molecule has 1 heterocycles. The summed E-state index contributed by atoms with van der Waals surface area (Å²) >= 11 is 0.870. The van der Waals surface area contributed by atoms with E-state index < -0.39 is 23.5 Å². The van der Waals surface area contributed by atoms with Crippen molar-refractivity contribution in [1.82, 2.24) is 0 Å². The van der Waals surface area contributed by atoms with Gasteiger partial charge in [-0.3, -0.25) is 0 Å².